The molecular formula is C34H34N4O3S3. The van der Waals surface area contributed by atoms with Crippen LogP contribution in [0, 0.1) is 0 Å². The third kappa shape index (κ3) is 5.73. The van der Waals surface area contributed by atoms with Gasteiger partial charge in [0.1, 0.15) is 10.0 Å². The van der Waals surface area contributed by atoms with Crippen molar-refractivity contribution in [3.05, 3.63) is 100 Å². The lowest BCUT2D eigenvalue weighted by molar-refractivity contribution is 0.102. The van der Waals surface area contributed by atoms with E-state index in [0.29, 0.717) is 12.1 Å². The number of fused-ring (bicyclic) bond motifs is 2. The van der Waals surface area contributed by atoms with Gasteiger partial charge in [0, 0.05) is 48.2 Å². The van der Waals surface area contributed by atoms with Crippen molar-refractivity contribution in [2.24, 2.45) is 0 Å². The molecule has 4 heterocycles. The molecule has 0 radical (unpaired) electrons. The minimum Gasteiger partial charge on any atom is -0.313 e. The second kappa shape index (κ2) is 12.2. The van der Waals surface area contributed by atoms with Gasteiger partial charge < -0.3 is 5.32 Å². The number of para-hydroxylation sites is 1. The van der Waals surface area contributed by atoms with Crippen LogP contribution in [0.1, 0.15) is 52.5 Å². The van der Waals surface area contributed by atoms with Gasteiger partial charge in [-0.3, -0.25) is 9.69 Å². The molecule has 1 N–H and O–H groups in total. The van der Waals surface area contributed by atoms with Crippen LogP contribution in [0.2, 0.25) is 0 Å². The summed E-state index contributed by atoms with van der Waals surface area (Å²) < 4.78 is 29.3. The van der Waals surface area contributed by atoms with Gasteiger partial charge in [-0.15, -0.1) is 22.7 Å². The number of hydrogen-bond acceptors (Lipinski definition) is 7. The highest BCUT2D eigenvalue weighted by atomic mass is 32.2. The Balaban J connectivity index is 1.17. The number of benzene rings is 3. The quantitative estimate of drug-likeness (QED) is 0.200. The van der Waals surface area contributed by atoms with Gasteiger partial charge in [0.15, 0.2) is 0 Å². The summed E-state index contributed by atoms with van der Waals surface area (Å²) in [6.45, 7) is 5.11. The van der Waals surface area contributed by atoms with Crippen LogP contribution in [0.3, 0.4) is 0 Å². The van der Waals surface area contributed by atoms with Gasteiger partial charge in [0.2, 0.25) is 10.0 Å². The Morgan fingerprint density at radius 3 is 2.50 bits per heavy atom. The minimum atomic E-state index is -3.61. The number of hydrogen-bond donors (Lipinski definition) is 1. The van der Waals surface area contributed by atoms with Gasteiger partial charge in [-0.2, -0.15) is 4.31 Å². The van der Waals surface area contributed by atoms with Crippen LogP contribution >= 0.6 is 22.7 Å². The molecule has 3 aromatic carbocycles. The second-order valence-electron chi connectivity index (χ2n) is 11.6. The lowest BCUT2D eigenvalue weighted by Gasteiger charge is -2.32. The maximum absolute atomic E-state index is 13.6. The summed E-state index contributed by atoms with van der Waals surface area (Å²) in [4.78, 5) is 22.5. The first-order chi connectivity index (χ1) is 21.4. The maximum atomic E-state index is 13.6. The number of rotatable bonds is 7. The van der Waals surface area contributed by atoms with Gasteiger partial charge in [-0.1, -0.05) is 48.9 Å². The molecule has 0 bridgehead atoms. The molecule has 44 heavy (non-hydrogen) atoms. The first kappa shape index (κ1) is 29.3. The Bertz CT molecular complexity index is 1880. The van der Waals surface area contributed by atoms with Crippen molar-refractivity contribution in [3.63, 3.8) is 0 Å². The van der Waals surface area contributed by atoms with Crippen LogP contribution < -0.4 is 5.32 Å². The maximum Gasteiger partial charge on any atom is 0.256 e. The highest BCUT2D eigenvalue weighted by molar-refractivity contribution is 7.89. The van der Waals surface area contributed by atoms with Gasteiger partial charge in [0.05, 0.1) is 15.1 Å². The van der Waals surface area contributed by atoms with E-state index in [0.717, 1.165) is 71.1 Å². The Morgan fingerprint density at radius 1 is 0.955 bits per heavy atom. The fourth-order valence-electron chi connectivity index (χ4n) is 6.24. The monoisotopic (exact) mass is 642 g/mol. The third-order valence-corrected chi connectivity index (χ3v) is 12.8. The molecule has 0 unspecified atom stereocenters. The van der Waals surface area contributed by atoms with Crippen LogP contribution in [0.25, 0.3) is 20.8 Å². The van der Waals surface area contributed by atoms with E-state index < -0.39 is 10.0 Å². The zero-order valence-corrected chi connectivity index (χ0v) is 27.0. The number of amides is 1. The Hall–Kier alpha value is -3.41. The molecule has 2 aromatic heterocycles. The second-order valence-corrected chi connectivity index (χ2v) is 15.6. The van der Waals surface area contributed by atoms with E-state index >= 15 is 0 Å². The van der Waals surface area contributed by atoms with Crippen LogP contribution in [-0.4, -0.2) is 47.6 Å². The number of carbonyl (C=O) groups is 1. The molecule has 0 saturated carbocycles. The van der Waals surface area contributed by atoms with Crippen LogP contribution in [0.4, 0.5) is 5.00 Å². The number of nitrogens with one attached hydrogen (secondary N) is 1. The highest BCUT2D eigenvalue weighted by Crippen LogP contribution is 2.46. The van der Waals surface area contributed by atoms with E-state index in [2.05, 4.69) is 40.5 Å². The van der Waals surface area contributed by atoms with Crippen molar-refractivity contribution >= 4 is 53.8 Å². The number of piperidine rings is 1. The number of aromatic nitrogens is 1. The van der Waals surface area contributed by atoms with Crippen molar-refractivity contribution in [2.45, 2.75) is 56.6 Å². The van der Waals surface area contributed by atoms with E-state index in [1.54, 1.807) is 51.2 Å². The van der Waals surface area contributed by atoms with Gasteiger partial charge in [-0.05, 0) is 73.7 Å². The first-order valence-corrected chi connectivity index (χ1v) is 18.1. The summed E-state index contributed by atoms with van der Waals surface area (Å²) in [5.41, 5.74) is 4.92. The van der Waals surface area contributed by atoms with Gasteiger partial charge in [0.25, 0.3) is 5.91 Å². The zero-order valence-electron chi connectivity index (χ0n) is 24.5. The Morgan fingerprint density at radius 2 is 1.73 bits per heavy atom. The lowest BCUT2D eigenvalue weighted by atomic mass is 10.0. The van der Waals surface area contributed by atoms with Crippen molar-refractivity contribution in [2.75, 3.05) is 18.4 Å². The summed E-state index contributed by atoms with van der Waals surface area (Å²) in [7, 11) is -3.61. The van der Waals surface area contributed by atoms with Gasteiger partial charge in [-0.25, -0.2) is 13.4 Å². The highest BCUT2D eigenvalue weighted by Gasteiger charge is 2.31. The molecule has 5 aromatic rings. The SMILES string of the molecule is C[C@@H]1CCCCN1S(=O)(=O)c1ccc(C(=O)Nc2sc3c(c2-c2nc4ccccc4s2)CCN(Cc2ccccc2)C3)cc1. The number of carbonyl (C=O) groups excluding carboxylic acids is 1. The van der Waals surface area contributed by atoms with Crippen molar-refractivity contribution < 1.29 is 13.2 Å². The van der Waals surface area contributed by atoms with Crippen molar-refractivity contribution in [1.82, 2.24) is 14.2 Å². The molecule has 1 atom stereocenters. The number of thiophene rings is 1. The number of anilines is 1. The topological polar surface area (TPSA) is 82.6 Å². The summed E-state index contributed by atoms with van der Waals surface area (Å²) in [5, 5.41) is 4.89. The largest absolute Gasteiger partial charge is 0.313 e. The summed E-state index contributed by atoms with van der Waals surface area (Å²) >= 11 is 3.27. The van der Waals surface area contributed by atoms with E-state index in [-0.39, 0.29) is 16.8 Å². The number of nitrogens with zero attached hydrogens (tertiary/aromatic N) is 3. The Kier molecular flexibility index (Phi) is 8.11. The Labute approximate surface area is 266 Å². The normalized spacial score (nSPS) is 17.9. The van der Waals surface area contributed by atoms with Crippen LogP contribution in [0.15, 0.2) is 83.8 Å². The molecule has 10 heteroatoms. The van der Waals surface area contributed by atoms with Crippen molar-refractivity contribution in [1.29, 1.82) is 0 Å². The fourth-order valence-corrected chi connectivity index (χ4v) is 10.3. The fraction of sp³-hybridized carbons (Fsp3) is 0.294. The summed E-state index contributed by atoms with van der Waals surface area (Å²) in [6, 6.07) is 24.9. The minimum absolute atomic E-state index is 0.0221. The zero-order chi connectivity index (χ0) is 30.3. The average Bonchev–Trinajstić information content (AvgIpc) is 3.62. The standard InChI is InChI=1S/C34H34N4O3S3/c1-23-9-7-8-19-38(23)44(40,41)26-16-14-25(15-17-26)32(39)36-34-31(33-35-28-12-5-6-13-29(28)42-33)27-18-20-37(22-30(27)43-34)21-24-10-3-2-4-11-24/h2-6,10-17,23H,7-9,18-22H2,1H3,(H,36,39)/t23-/m1/s1. The molecule has 1 amide bonds. The predicted octanol–water partition coefficient (Wildman–Crippen LogP) is 7.40. The molecule has 1 fully saturated rings. The third-order valence-electron chi connectivity index (χ3n) is 8.58. The number of sulfonamides is 1. The molecule has 2 aliphatic rings. The molecular weight excluding hydrogens is 609 g/mol. The average molecular weight is 643 g/mol. The molecule has 1 saturated heterocycles. The summed E-state index contributed by atoms with van der Waals surface area (Å²) in [6.07, 6.45) is 3.66. The van der Waals surface area contributed by atoms with E-state index in [9.17, 15) is 13.2 Å². The van der Waals surface area contributed by atoms with Crippen molar-refractivity contribution in [3.8, 4) is 10.6 Å². The first-order valence-electron chi connectivity index (χ1n) is 15.1. The molecule has 226 valence electrons. The molecule has 0 aliphatic carbocycles. The van der Waals surface area contributed by atoms with E-state index in [1.165, 1.54) is 16.0 Å². The lowest BCUT2D eigenvalue weighted by Crippen LogP contribution is -2.41. The molecule has 0 spiro atoms. The van der Waals surface area contributed by atoms with E-state index in [4.69, 9.17) is 4.98 Å². The van der Waals surface area contributed by atoms with E-state index in [1.807, 2.05) is 31.2 Å². The number of thiazole rings is 1. The summed E-state index contributed by atoms with van der Waals surface area (Å²) in [5.74, 6) is -0.262. The predicted molar refractivity (Wildman–Crippen MR) is 179 cm³/mol. The van der Waals surface area contributed by atoms with Crippen LogP contribution in [0.5, 0.6) is 0 Å². The molecule has 2 aliphatic heterocycles. The van der Waals surface area contributed by atoms with Crippen LogP contribution in [-0.2, 0) is 29.5 Å². The van der Waals surface area contributed by atoms with Gasteiger partial charge >= 0.3 is 0 Å². The molecule has 7 rings (SSSR count). The smallest absolute Gasteiger partial charge is 0.256 e. The molecule has 7 nitrogen and oxygen atoms in total.